The van der Waals surface area contributed by atoms with Gasteiger partial charge >= 0.3 is 6.18 Å². The summed E-state index contributed by atoms with van der Waals surface area (Å²) in [5.74, 6) is 0.376. The van der Waals surface area contributed by atoms with Crippen LogP contribution in [0.2, 0.25) is 5.15 Å². The number of anilines is 1. The monoisotopic (exact) mass is 382 g/mol. The molecule has 1 aliphatic heterocycles. The second kappa shape index (κ2) is 7.38. The Balaban J connectivity index is 1.67. The zero-order chi connectivity index (χ0) is 18.7. The fourth-order valence-electron chi connectivity index (χ4n) is 2.85. The smallest absolute Gasteiger partial charge is 0.417 e. The van der Waals surface area contributed by atoms with Gasteiger partial charge in [-0.05, 0) is 18.2 Å². The molecule has 1 aromatic carbocycles. The van der Waals surface area contributed by atoms with Gasteiger partial charge < -0.3 is 9.64 Å². The van der Waals surface area contributed by atoms with Gasteiger partial charge in [0.15, 0.2) is 0 Å². The highest BCUT2D eigenvalue weighted by atomic mass is 35.5. The largest absolute Gasteiger partial charge is 0.474 e. The lowest BCUT2D eigenvalue weighted by Crippen LogP contribution is -2.38. The number of hydrogen-bond donors (Lipinski definition) is 0. The first kappa shape index (κ1) is 18.3. The first-order chi connectivity index (χ1) is 12.4. The average Bonchev–Trinajstić information content (AvgIpc) is 2.61. The van der Waals surface area contributed by atoms with E-state index in [1.807, 2.05) is 4.90 Å². The molecule has 0 saturated carbocycles. The van der Waals surface area contributed by atoms with Gasteiger partial charge in [0.05, 0.1) is 17.2 Å². The summed E-state index contributed by atoms with van der Waals surface area (Å²) in [5.41, 5.74) is -0.841. The summed E-state index contributed by atoms with van der Waals surface area (Å²) in [6, 6.07) is 6.89. The van der Waals surface area contributed by atoms with E-state index in [0.29, 0.717) is 37.5 Å². The van der Waals surface area contributed by atoms with E-state index in [2.05, 4.69) is 9.97 Å². The third kappa shape index (κ3) is 4.17. The number of nitrogens with zero attached hydrogens (tertiary/aromatic N) is 4. The molecule has 0 aliphatic carbocycles. The number of nitriles is 1. The molecule has 2 heterocycles. The summed E-state index contributed by atoms with van der Waals surface area (Å²) in [6.07, 6.45) is -2.10. The van der Waals surface area contributed by atoms with Crippen LogP contribution in [0.1, 0.15) is 24.0 Å². The number of benzene rings is 1. The zero-order valence-corrected chi connectivity index (χ0v) is 14.3. The maximum absolute atomic E-state index is 13.1. The van der Waals surface area contributed by atoms with Crippen molar-refractivity contribution in [2.24, 2.45) is 0 Å². The van der Waals surface area contributed by atoms with Crippen LogP contribution < -0.4 is 9.64 Å². The van der Waals surface area contributed by atoms with Crippen molar-refractivity contribution >= 4 is 17.3 Å². The highest BCUT2D eigenvalue weighted by molar-refractivity contribution is 6.29. The maximum Gasteiger partial charge on any atom is 0.417 e. The molecule has 1 aliphatic rings. The lowest BCUT2D eigenvalue weighted by molar-refractivity contribution is -0.137. The Morgan fingerprint density at radius 3 is 2.54 bits per heavy atom. The minimum absolute atomic E-state index is 0.0994. The number of alkyl halides is 3. The molecule has 0 atom stereocenters. The normalized spacial score (nSPS) is 15.6. The Labute approximate surface area is 153 Å². The van der Waals surface area contributed by atoms with Crippen LogP contribution in [0.5, 0.6) is 5.88 Å². The van der Waals surface area contributed by atoms with Crippen LogP contribution in [0.25, 0.3) is 0 Å². The lowest BCUT2D eigenvalue weighted by Gasteiger charge is -2.33. The van der Waals surface area contributed by atoms with E-state index in [0.717, 1.165) is 6.07 Å². The minimum atomic E-state index is -4.56. The molecule has 0 N–H and O–H groups in total. The third-order valence-electron chi connectivity index (χ3n) is 4.13. The third-order valence-corrected chi connectivity index (χ3v) is 4.34. The predicted molar refractivity (Wildman–Crippen MR) is 89.1 cm³/mol. The van der Waals surface area contributed by atoms with Gasteiger partial charge in [-0.2, -0.15) is 18.4 Å². The van der Waals surface area contributed by atoms with E-state index < -0.39 is 11.7 Å². The molecule has 3 rings (SSSR count). The highest BCUT2D eigenvalue weighted by Gasteiger charge is 2.34. The first-order valence-electron chi connectivity index (χ1n) is 7.87. The Hall–Kier alpha value is -2.53. The number of piperidine rings is 1. The van der Waals surface area contributed by atoms with Gasteiger partial charge in [0.2, 0.25) is 5.88 Å². The summed E-state index contributed by atoms with van der Waals surface area (Å²) < 4.78 is 45.1. The van der Waals surface area contributed by atoms with Gasteiger partial charge in [-0.1, -0.05) is 11.6 Å². The molecular formula is C17H14ClF3N4O. The molecule has 1 fully saturated rings. The van der Waals surface area contributed by atoms with E-state index in [1.54, 1.807) is 12.1 Å². The van der Waals surface area contributed by atoms with Crippen LogP contribution in [0, 0.1) is 11.3 Å². The van der Waals surface area contributed by atoms with Crippen LogP contribution >= 0.6 is 11.6 Å². The quantitative estimate of drug-likeness (QED) is 0.749. The van der Waals surface area contributed by atoms with Crippen LogP contribution in [-0.2, 0) is 6.18 Å². The van der Waals surface area contributed by atoms with E-state index in [4.69, 9.17) is 21.6 Å². The SMILES string of the molecule is N#Cc1ccc(N2CCC(Oc3cc(Cl)ncn3)CC2)cc1C(F)(F)F. The standard InChI is InChI=1S/C17H14ClF3N4O/c18-15-8-16(24-10-23-15)26-13-3-5-25(6-4-13)12-2-1-11(9-22)14(7-12)17(19,20)21/h1-2,7-8,10,13H,3-6H2. The van der Waals surface area contributed by atoms with Crippen molar-refractivity contribution in [2.45, 2.75) is 25.1 Å². The summed E-state index contributed by atoms with van der Waals surface area (Å²) in [6.45, 7) is 1.07. The Kier molecular flexibility index (Phi) is 5.18. The molecule has 1 aromatic heterocycles. The average molecular weight is 383 g/mol. The molecule has 2 aromatic rings. The Morgan fingerprint density at radius 2 is 1.92 bits per heavy atom. The molecule has 0 radical (unpaired) electrons. The molecule has 0 unspecified atom stereocenters. The summed E-state index contributed by atoms with van der Waals surface area (Å²) >= 11 is 5.79. The van der Waals surface area contributed by atoms with Crippen molar-refractivity contribution < 1.29 is 17.9 Å². The Morgan fingerprint density at radius 1 is 1.19 bits per heavy atom. The molecule has 5 nitrogen and oxygen atoms in total. The van der Waals surface area contributed by atoms with Crippen molar-refractivity contribution in [3.8, 4) is 11.9 Å². The minimum Gasteiger partial charge on any atom is -0.474 e. The molecule has 0 amide bonds. The van der Waals surface area contributed by atoms with Gasteiger partial charge in [-0.15, -0.1) is 0 Å². The van der Waals surface area contributed by atoms with Crippen LogP contribution in [0.3, 0.4) is 0 Å². The molecule has 0 bridgehead atoms. The van der Waals surface area contributed by atoms with Gasteiger partial charge in [0, 0.05) is 37.7 Å². The van der Waals surface area contributed by atoms with Crippen LogP contribution in [-0.4, -0.2) is 29.2 Å². The van der Waals surface area contributed by atoms with E-state index in [-0.39, 0.29) is 16.8 Å². The van der Waals surface area contributed by atoms with Gasteiger partial charge in [-0.3, -0.25) is 0 Å². The fourth-order valence-corrected chi connectivity index (χ4v) is 2.98. The number of aromatic nitrogens is 2. The number of rotatable bonds is 3. The predicted octanol–water partition coefficient (Wildman–Crippen LogP) is 4.07. The van der Waals surface area contributed by atoms with E-state index in [9.17, 15) is 13.2 Å². The topological polar surface area (TPSA) is 62.0 Å². The second-order valence-electron chi connectivity index (χ2n) is 5.82. The van der Waals surface area contributed by atoms with Crippen molar-refractivity contribution in [1.82, 2.24) is 9.97 Å². The molecule has 136 valence electrons. The van der Waals surface area contributed by atoms with Crippen molar-refractivity contribution in [1.29, 1.82) is 5.26 Å². The molecule has 1 saturated heterocycles. The van der Waals surface area contributed by atoms with Gasteiger partial charge in [-0.25, -0.2) is 9.97 Å². The molecule has 0 spiro atoms. The Bertz CT molecular complexity index is 829. The molecule has 26 heavy (non-hydrogen) atoms. The lowest BCUT2D eigenvalue weighted by atomic mass is 10.0. The molecule has 9 heteroatoms. The van der Waals surface area contributed by atoms with Crippen molar-refractivity contribution in [3.63, 3.8) is 0 Å². The highest BCUT2D eigenvalue weighted by Crippen LogP contribution is 2.35. The number of halogens is 4. The zero-order valence-electron chi connectivity index (χ0n) is 13.5. The summed E-state index contributed by atoms with van der Waals surface area (Å²) in [7, 11) is 0. The van der Waals surface area contributed by atoms with Crippen LogP contribution in [0.4, 0.5) is 18.9 Å². The van der Waals surface area contributed by atoms with Gasteiger partial charge in [0.1, 0.15) is 17.6 Å². The first-order valence-corrected chi connectivity index (χ1v) is 8.25. The molecular weight excluding hydrogens is 369 g/mol. The van der Waals surface area contributed by atoms with E-state index in [1.165, 1.54) is 18.5 Å². The van der Waals surface area contributed by atoms with Crippen molar-refractivity contribution in [3.05, 3.63) is 46.9 Å². The van der Waals surface area contributed by atoms with E-state index >= 15 is 0 Å². The number of ether oxygens (including phenoxy) is 1. The van der Waals surface area contributed by atoms with Gasteiger partial charge in [0.25, 0.3) is 0 Å². The maximum atomic E-state index is 13.1. The second-order valence-corrected chi connectivity index (χ2v) is 6.21. The van der Waals surface area contributed by atoms with Crippen molar-refractivity contribution in [2.75, 3.05) is 18.0 Å². The summed E-state index contributed by atoms with van der Waals surface area (Å²) in [5, 5.41) is 9.16. The van der Waals surface area contributed by atoms with Crippen LogP contribution in [0.15, 0.2) is 30.6 Å². The summed E-state index contributed by atoms with van der Waals surface area (Å²) in [4.78, 5) is 9.61. The number of hydrogen-bond acceptors (Lipinski definition) is 5. The fraction of sp³-hybridized carbons (Fsp3) is 0.353.